The predicted octanol–water partition coefficient (Wildman–Crippen LogP) is 2.71. The van der Waals surface area contributed by atoms with Crippen molar-refractivity contribution in [3.05, 3.63) is 30.3 Å². The van der Waals surface area contributed by atoms with Gasteiger partial charge in [0.2, 0.25) is 0 Å². The predicted molar refractivity (Wildman–Crippen MR) is 74.3 cm³/mol. The van der Waals surface area contributed by atoms with Crippen LogP contribution in [0.4, 0.5) is 0 Å². The van der Waals surface area contributed by atoms with Gasteiger partial charge in [0.15, 0.2) is 0 Å². The molecule has 0 amide bonds. The molecule has 0 aliphatic heterocycles. The van der Waals surface area contributed by atoms with Gasteiger partial charge in [-0.1, -0.05) is 29.8 Å². The monoisotopic (exact) mass is 292 g/mol. The molecule has 5 nitrogen and oxygen atoms in total. The summed E-state index contributed by atoms with van der Waals surface area (Å²) in [7, 11) is -3.84. The van der Waals surface area contributed by atoms with Crippen LogP contribution >= 0.6 is 0 Å². The second kappa shape index (κ2) is 6.53. The largest absolute Gasteiger partial charge is 0.358 e. The Balaban J connectivity index is 1.95. The van der Waals surface area contributed by atoms with Crippen LogP contribution in [-0.2, 0) is 14.4 Å². The second-order valence-electron chi connectivity index (χ2n) is 4.85. The first-order valence-electron chi connectivity index (χ1n) is 6.53. The summed E-state index contributed by atoms with van der Waals surface area (Å²) < 4.78 is 28.3. The van der Waals surface area contributed by atoms with Crippen LogP contribution in [0.5, 0.6) is 0 Å². The zero-order chi connectivity index (χ0) is 14.4. The van der Waals surface area contributed by atoms with E-state index in [1.54, 1.807) is 18.2 Å². The highest BCUT2D eigenvalue weighted by molar-refractivity contribution is 7.86. The maximum atomic E-state index is 11.8. The number of hydrogen-bond acceptors (Lipinski definition) is 5. The summed E-state index contributed by atoms with van der Waals surface area (Å²) >= 11 is 0. The van der Waals surface area contributed by atoms with Gasteiger partial charge in [0, 0.05) is 12.1 Å². The Morgan fingerprint density at radius 3 is 2.75 bits per heavy atom. The third kappa shape index (κ3) is 3.81. The number of nitrogens with zero attached hydrogens (tertiary/aromatic N) is 2. The summed E-state index contributed by atoms with van der Waals surface area (Å²) in [5.41, 5.74) is 0. The molecule has 0 N–H and O–H groups in total. The molecule has 0 aromatic heterocycles. The maximum Gasteiger partial charge on any atom is 0.358 e. The van der Waals surface area contributed by atoms with Crippen molar-refractivity contribution >= 4 is 16.3 Å². The molecule has 1 fully saturated rings. The minimum Gasteiger partial charge on any atom is -0.265 e. The molecule has 0 spiro atoms. The minimum absolute atomic E-state index is 0.0333. The van der Waals surface area contributed by atoms with Gasteiger partial charge in [-0.3, -0.25) is 4.28 Å². The maximum absolute atomic E-state index is 11.8. The van der Waals surface area contributed by atoms with E-state index in [4.69, 9.17) is 5.26 Å². The van der Waals surface area contributed by atoms with Crippen LogP contribution in [0.1, 0.15) is 25.7 Å². The van der Waals surface area contributed by atoms with Crippen molar-refractivity contribution in [2.45, 2.75) is 30.6 Å². The zero-order valence-corrected chi connectivity index (χ0v) is 11.8. The van der Waals surface area contributed by atoms with Gasteiger partial charge in [-0.05, 0) is 37.3 Å². The summed E-state index contributed by atoms with van der Waals surface area (Å²) in [5, 5.41) is 12.5. The van der Waals surface area contributed by atoms with Crippen molar-refractivity contribution in [2.75, 3.05) is 0 Å². The van der Waals surface area contributed by atoms with Crippen LogP contribution in [-0.4, -0.2) is 14.6 Å². The fourth-order valence-corrected chi connectivity index (χ4v) is 3.02. The summed E-state index contributed by atoms with van der Waals surface area (Å²) in [5.74, 6) is 0.144. The fraction of sp³-hybridized carbons (Fsp3) is 0.429. The Labute approximate surface area is 119 Å². The summed E-state index contributed by atoms with van der Waals surface area (Å²) in [6.07, 6.45) is 5.00. The van der Waals surface area contributed by atoms with Crippen LogP contribution < -0.4 is 0 Å². The second-order valence-corrected chi connectivity index (χ2v) is 6.38. The first-order valence-corrected chi connectivity index (χ1v) is 7.94. The lowest BCUT2D eigenvalue weighted by atomic mass is 9.83. The quantitative estimate of drug-likeness (QED) is 0.631. The minimum atomic E-state index is -3.84. The molecule has 106 valence electrons. The fourth-order valence-electron chi connectivity index (χ4n) is 2.28. The molecule has 1 aromatic carbocycles. The van der Waals surface area contributed by atoms with E-state index in [1.807, 2.05) is 0 Å². The first-order chi connectivity index (χ1) is 9.62. The third-order valence-corrected chi connectivity index (χ3v) is 4.47. The zero-order valence-electron chi connectivity index (χ0n) is 11.0. The van der Waals surface area contributed by atoms with Gasteiger partial charge in [-0.15, -0.1) is 0 Å². The molecule has 0 saturated heterocycles. The molecule has 1 aliphatic carbocycles. The Kier molecular flexibility index (Phi) is 4.74. The van der Waals surface area contributed by atoms with Gasteiger partial charge in [-0.2, -0.15) is 13.7 Å². The Hall–Kier alpha value is -1.87. The Morgan fingerprint density at radius 1 is 1.30 bits per heavy atom. The van der Waals surface area contributed by atoms with Crippen molar-refractivity contribution in [3.8, 4) is 6.07 Å². The molecular formula is C14H16N2O3S. The molecule has 2 unspecified atom stereocenters. The van der Waals surface area contributed by atoms with Crippen molar-refractivity contribution in [3.63, 3.8) is 0 Å². The molecule has 0 heterocycles. The number of oxime groups is 1. The van der Waals surface area contributed by atoms with Gasteiger partial charge in [-0.25, -0.2) is 0 Å². The third-order valence-electron chi connectivity index (χ3n) is 3.34. The number of rotatable bonds is 4. The van der Waals surface area contributed by atoms with E-state index in [-0.39, 0.29) is 16.7 Å². The Bertz CT molecular complexity index is 605. The van der Waals surface area contributed by atoms with Crippen LogP contribution in [0.3, 0.4) is 0 Å². The van der Waals surface area contributed by atoms with Crippen molar-refractivity contribution < 1.29 is 12.7 Å². The Morgan fingerprint density at radius 2 is 2.05 bits per heavy atom. The van der Waals surface area contributed by atoms with Gasteiger partial charge >= 0.3 is 10.1 Å². The van der Waals surface area contributed by atoms with E-state index in [2.05, 4.69) is 15.5 Å². The standard InChI is InChI=1S/C14H16N2O3S/c15-10-12-5-4-6-13(9-12)11-16-19-20(17,18)14-7-2-1-3-8-14/h1-3,7-8,11-13H,4-6,9H2. The smallest absolute Gasteiger partial charge is 0.265 e. The first kappa shape index (κ1) is 14.5. The van der Waals surface area contributed by atoms with Crippen molar-refractivity contribution in [2.24, 2.45) is 17.0 Å². The van der Waals surface area contributed by atoms with Crippen molar-refractivity contribution in [1.82, 2.24) is 0 Å². The normalized spacial score (nSPS) is 23.4. The van der Waals surface area contributed by atoms with E-state index >= 15 is 0 Å². The van der Waals surface area contributed by atoms with Crippen LogP contribution in [0.25, 0.3) is 0 Å². The lowest BCUT2D eigenvalue weighted by molar-refractivity contribution is 0.328. The average molecular weight is 292 g/mol. The molecule has 1 aromatic rings. The summed E-state index contributed by atoms with van der Waals surface area (Å²) in [6, 6.07) is 10.1. The number of benzene rings is 1. The molecule has 20 heavy (non-hydrogen) atoms. The van der Waals surface area contributed by atoms with Crippen LogP contribution in [0, 0.1) is 23.2 Å². The molecule has 6 heteroatoms. The summed E-state index contributed by atoms with van der Waals surface area (Å²) in [6.45, 7) is 0. The molecule has 0 bridgehead atoms. The van der Waals surface area contributed by atoms with E-state index in [9.17, 15) is 8.42 Å². The van der Waals surface area contributed by atoms with Crippen LogP contribution in [0.15, 0.2) is 40.4 Å². The molecule has 0 radical (unpaired) electrons. The van der Waals surface area contributed by atoms with E-state index < -0.39 is 10.1 Å². The lowest BCUT2D eigenvalue weighted by Gasteiger charge is -2.21. The van der Waals surface area contributed by atoms with Gasteiger partial charge in [0.1, 0.15) is 4.90 Å². The van der Waals surface area contributed by atoms with Gasteiger partial charge in [0.25, 0.3) is 0 Å². The number of hydrogen-bond donors (Lipinski definition) is 0. The topological polar surface area (TPSA) is 79.5 Å². The molecule has 1 saturated carbocycles. The highest BCUT2D eigenvalue weighted by Gasteiger charge is 2.21. The van der Waals surface area contributed by atoms with E-state index in [0.29, 0.717) is 0 Å². The van der Waals surface area contributed by atoms with E-state index in [0.717, 1.165) is 25.7 Å². The molecular weight excluding hydrogens is 276 g/mol. The van der Waals surface area contributed by atoms with E-state index in [1.165, 1.54) is 18.3 Å². The highest BCUT2D eigenvalue weighted by Crippen LogP contribution is 2.27. The molecule has 2 atom stereocenters. The molecule has 1 aliphatic rings. The van der Waals surface area contributed by atoms with Crippen LogP contribution in [0.2, 0.25) is 0 Å². The lowest BCUT2D eigenvalue weighted by Crippen LogP contribution is -2.15. The molecule has 2 rings (SSSR count). The average Bonchev–Trinajstić information content (AvgIpc) is 2.48. The summed E-state index contributed by atoms with van der Waals surface area (Å²) in [4.78, 5) is 0.0793. The highest BCUT2D eigenvalue weighted by atomic mass is 32.2. The van der Waals surface area contributed by atoms with Gasteiger partial charge in [0.05, 0.1) is 6.07 Å². The SMILES string of the molecule is N#CC1CCCC(C=NOS(=O)(=O)c2ccccc2)C1. The van der Waals surface area contributed by atoms with Gasteiger partial charge < -0.3 is 0 Å². The van der Waals surface area contributed by atoms with Crippen molar-refractivity contribution in [1.29, 1.82) is 5.26 Å². The number of nitriles is 1.